The number of halogens is 1. The lowest BCUT2D eigenvalue weighted by atomic mass is 9.95. The number of benzene rings is 2. The smallest absolute Gasteiger partial charge is 0.255 e. The number of carbonyl (C=O) groups is 1. The van der Waals surface area contributed by atoms with Crippen LogP contribution in [0.25, 0.3) is 6.08 Å². The minimum atomic E-state index is -1.82. The Kier molecular flexibility index (Phi) is 6.46. The highest BCUT2D eigenvalue weighted by Crippen LogP contribution is 2.37. The number of carbonyl (C=O) groups excluding carboxylic acids is 1. The summed E-state index contributed by atoms with van der Waals surface area (Å²) in [5.41, 5.74) is 0.820. The molecule has 0 aliphatic heterocycles. The molecule has 6 heteroatoms. The van der Waals surface area contributed by atoms with Crippen molar-refractivity contribution in [2.75, 3.05) is 6.54 Å². The van der Waals surface area contributed by atoms with Gasteiger partial charge in [-0.05, 0) is 69.0 Å². The van der Waals surface area contributed by atoms with E-state index in [1.54, 1.807) is 32.9 Å². The zero-order chi connectivity index (χ0) is 21.1. The third-order valence-corrected chi connectivity index (χ3v) is 4.91. The molecule has 0 heterocycles. The second-order valence-corrected chi connectivity index (χ2v) is 7.10. The Morgan fingerprint density at radius 1 is 1.14 bits per heavy atom. The van der Waals surface area contributed by atoms with Crippen LogP contribution in [0.5, 0.6) is 11.5 Å². The second-order valence-electron chi connectivity index (χ2n) is 7.10. The fourth-order valence-corrected chi connectivity index (χ4v) is 2.86. The van der Waals surface area contributed by atoms with E-state index in [0.29, 0.717) is 28.7 Å². The van der Waals surface area contributed by atoms with Crippen LogP contribution in [0.1, 0.15) is 34.7 Å². The molecule has 28 heavy (non-hydrogen) atoms. The fourth-order valence-electron chi connectivity index (χ4n) is 2.86. The molecule has 0 aliphatic rings. The van der Waals surface area contributed by atoms with Crippen LogP contribution in [0.4, 0.5) is 4.39 Å². The maximum atomic E-state index is 13.2. The standard InChI is InChI=1S/C22H26FNO4/c1-13-14(2)20(26)18(15(3)19(13)25)8-10-22(4,28)21(27)24-11-9-16-6-5-7-17(23)12-16/h5-8,10,12,25-26,28H,9,11H2,1-4H3,(H,24,27). The van der Waals surface area contributed by atoms with E-state index in [2.05, 4.69) is 5.32 Å². The first kappa shape index (κ1) is 21.4. The van der Waals surface area contributed by atoms with E-state index in [0.717, 1.165) is 5.56 Å². The zero-order valence-electron chi connectivity index (χ0n) is 16.5. The predicted octanol–water partition coefficient (Wildman–Crippen LogP) is 3.29. The Morgan fingerprint density at radius 2 is 1.79 bits per heavy atom. The number of hydrogen-bond acceptors (Lipinski definition) is 4. The molecular weight excluding hydrogens is 361 g/mol. The van der Waals surface area contributed by atoms with Gasteiger partial charge in [-0.15, -0.1) is 0 Å². The maximum absolute atomic E-state index is 13.2. The molecule has 1 atom stereocenters. The molecule has 0 saturated heterocycles. The molecule has 150 valence electrons. The zero-order valence-corrected chi connectivity index (χ0v) is 16.5. The highest BCUT2D eigenvalue weighted by molar-refractivity contribution is 5.88. The molecule has 1 unspecified atom stereocenters. The van der Waals surface area contributed by atoms with Crippen LogP contribution < -0.4 is 5.32 Å². The van der Waals surface area contributed by atoms with Gasteiger partial charge in [-0.25, -0.2) is 4.39 Å². The number of amides is 1. The van der Waals surface area contributed by atoms with Crippen molar-refractivity contribution >= 4 is 12.0 Å². The molecule has 2 rings (SSSR count). The van der Waals surface area contributed by atoms with Gasteiger partial charge >= 0.3 is 0 Å². The summed E-state index contributed by atoms with van der Waals surface area (Å²) < 4.78 is 13.2. The van der Waals surface area contributed by atoms with Crippen molar-refractivity contribution in [2.24, 2.45) is 0 Å². The molecule has 0 fully saturated rings. The fraction of sp³-hybridized carbons (Fsp3) is 0.318. The van der Waals surface area contributed by atoms with Gasteiger partial charge in [0, 0.05) is 17.7 Å². The summed E-state index contributed by atoms with van der Waals surface area (Å²) in [4.78, 5) is 12.3. The van der Waals surface area contributed by atoms with Crippen molar-refractivity contribution < 1.29 is 24.5 Å². The Bertz CT molecular complexity index is 890. The Balaban J connectivity index is 2.09. The van der Waals surface area contributed by atoms with Gasteiger partial charge < -0.3 is 20.6 Å². The van der Waals surface area contributed by atoms with Gasteiger partial charge in [0.2, 0.25) is 0 Å². The first-order valence-electron chi connectivity index (χ1n) is 9.00. The average Bonchev–Trinajstić information content (AvgIpc) is 2.64. The van der Waals surface area contributed by atoms with Crippen molar-refractivity contribution in [3.8, 4) is 11.5 Å². The van der Waals surface area contributed by atoms with Crippen LogP contribution in [0.3, 0.4) is 0 Å². The number of nitrogens with one attached hydrogen (secondary N) is 1. The van der Waals surface area contributed by atoms with Gasteiger partial charge in [-0.1, -0.05) is 18.2 Å². The van der Waals surface area contributed by atoms with Gasteiger partial charge in [0.25, 0.3) is 5.91 Å². The Labute approximate surface area is 164 Å². The Hall–Kier alpha value is -2.86. The molecule has 2 aromatic rings. The van der Waals surface area contributed by atoms with E-state index >= 15 is 0 Å². The molecule has 1 amide bonds. The summed E-state index contributed by atoms with van der Waals surface area (Å²) in [6.45, 7) is 6.59. The molecule has 5 nitrogen and oxygen atoms in total. The molecule has 0 aliphatic carbocycles. The minimum Gasteiger partial charge on any atom is -0.507 e. The number of aromatic hydroxyl groups is 2. The van der Waals surface area contributed by atoms with E-state index in [9.17, 15) is 24.5 Å². The molecule has 0 aromatic heterocycles. The van der Waals surface area contributed by atoms with Crippen molar-refractivity contribution in [1.29, 1.82) is 0 Å². The molecule has 0 bridgehead atoms. The van der Waals surface area contributed by atoms with E-state index in [1.807, 2.05) is 0 Å². The van der Waals surface area contributed by atoms with Crippen LogP contribution >= 0.6 is 0 Å². The molecular formula is C22H26FNO4. The molecule has 0 radical (unpaired) electrons. The van der Waals surface area contributed by atoms with Gasteiger partial charge in [-0.3, -0.25) is 4.79 Å². The summed E-state index contributed by atoms with van der Waals surface area (Å²) in [7, 11) is 0. The summed E-state index contributed by atoms with van der Waals surface area (Å²) in [6.07, 6.45) is 3.11. The molecule has 0 saturated carbocycles. The quantitative estimate of drug-likeness (QED) is 0.573. The second kappa shape index (κ2) is 8.44. The lowest BCUT2D eigenvalue weighted by Gasteiger charge is -2.19. The van der Waals surface area contributed by atoms with Crippen molar-refractivity contribution in [3.05, 3.63) is 64.0 Å². The van der Waals surface area contributed by atoms with Crippen molar-refractivity contribution in [3.63, 3.8) is 0 Å². The number of rotatable bonds is 6. The van der Waals surface area contributed by atoms with E-state index in [1.165, 1.54) is 31.2 Å². The minimum absolute atomic E-state index is 0.00800. The number of aliphatic hydroxyl groups is 1. The predicted molar refractivity (Wildman–Crippen MR) is 107 cm³/mol. The van der Waals surface area contributed by atoms with Gasteiger partial charge in [0.1, 0.15) is 17.3 Å². The van der Waals surface area contributed by atoms with E-state index in [-0.39, 0.29) is 23.9 Å². The van der Waals surface area contributed by atoms with Gasteiger partial charge in [0.05, 0.1) is 0 Å². The summed E-state index contributed by atoms with van der Waals surface area (Å²) in [6, 6.07) is 6.09. The van der Waals surface area contributed by atoms with E-state index < -0.39 is 11.5 Å². The topological polar surface area (TPSA) is 89.8 Å². The van der Waals surface area contributed by atoms with Crippen LogP contribution in [0, 0.1) is 26.6 Å². The maximum Gasteiger partial charge on any atom is 0.255 e. The first-order chi connectivity index (χ1) is 13.0. The average molecular weight is 387 g/mol. The van der Waals surface area contributed by atoms with Crippen LogP contribution in [-0.4, -0.2) is 33.4 Å². The number of hydrogen-bond donors (Lipinski definition) is 4. The summed E-state index contributed by atoms with van der Waals surface area (Å²) >= 11 is 0. The number of phenolic OH excluding ortho intramolecular Hbond substituents is 2. The number of phenols is 2. The normalized spacial score (nSPS) is 13.5. The Morgan fingerprint density at radius 3 is 2.43 bits per heavy atom. The van der Waals surface area contributed by atoms with Crippen molar-refractivity contribution in [2.45, 2.75) is 39.7 Å². The summed E-state index contributed by atoms with van der Waals surface area (Å²) in [5, 5.41) is 33.6. The SMILES string of the molecule is Cc1c(C)c(O)c(C=CC(C)(O)C(=O)NCCc2cccc(F)c2)c(C)c1O. The summed E-state index contributed by atoms with van der Waals surface area (Å²) in [5.74, 6) is -0.906. The van der Waals surface area contributed by atoms with Gasteiger partial charge in [0.15, 0.2) is 5.60 Å². The lowest BCUT2D eigenvalue weighted by molar-refractivity contribution is -0.133. The van der Waals surface area contributed by atoms with Crippen LogP contribution in [0.15, 0.2) is 30.3 Å². The first-order valence-corrected chi connectivity index (χ1v) is 9.00. The highest BCUT2D eigenvalue weighted by atomic mass is 19.1. The third kappa shape index (κ3) is 4.70. The third-order valence-electron chi connectivity index (χ3n) is 4.91. The lowest BCUT2D eigenvalue weighted by Crippen LogP contribution is -2.43. The monoisotopic (exact) mass is 387 g/mol. The largest absolute Gasteiger partial charge is 0.507 e. The molecule has 2 aromatic carbocycles. The van der Waals surface area contributed by atoms with Crippen LogP contribution in [-0.2, 0) is 11.2 Å². The highest BCUT2D eigenvalue weighted by Gasteiger charge is 2.27. The van der Waals surface area contributed by atoms with E-state index in [4.69, 9.17) is 0 Å². The van der Waals surface area contributed by atoms with Crippen LogP contribution in [0.2, 0.25) is 0 Å². The molecule has 0 spiro atoms. The van der Waals surface area contributed by atoms with Crippen molar-refractivity contribution in [1.82, 2.24) is 5.32 Å². The molecule has 4 N–H and O–H groups in total. The van der Waals surface area contributed by atoms with Gasteiger partial charge in [-0.2, -0.15) is 0 Å².